The fourth-order valence-corrected chi connectivity index (χ4v) is 2.61. The SMILES string of the molecule is O=CCN1CC[C@@H](Nc2ccc3cccnc3c2)C1. The number of hydrogen-bond acceptors (Lipinski definition) is 4. The lowest BCUT2D eigenvalue weighted by atomic mass is 10.2. The molecule has 19 heavy (non-hydrogen) atoms. The Kier molecular flexibility index (Phi) is 3.42. The van der Waals surface area contributed by atoms with E-state index in [4.69, 9.17) is 0 Å². The molecule has 0 unspecified atom stereocenters. The van der Waals surface area contributed by atoms with Crippen molar-refractivity contribution in [2.75, 3.05) is 25.0 Å². The van der Waals surface area contributed by atoms with Gasteiger partial charge in [0.15, 0.2) is 0 Å². The number of carbonyl (C=O) groups is 1. The maximum Gasteiger partial charge on any atom is 0.133 e. The highest BCUT2D eigenvalue weighted by molar-refractivity contribution is 5.81. The van der Waals surface area contributed by atoms with Crippen LogP contribution in [0, 0.1) is 0 Å². The molecule has 3 rings (SSSR count). The van der Waals surface area contributed by atoms with Crippen molar-refractivity contribution in [2.24, 2.45) is 0 Å². The van der Waals surface area contributed by atoms with Crippen LogP contribution < -0.4 is 5.32 Å². The highest BCUT2D eigenvalue weighted by Gasteiger charge is 2.21. The molecule has 0 radical (unpaired) electrons. The van der Waals surface area contributed by atoms with E-state index in [-0.39, 0.29) is 0 Å². The number of rotatable bonds is 4. The van der Waals surface area contributed by atoms with Crippen LogP contribution in [0.15, 0.2) is 36.5 Å². The molecule has 0 spiro atoms. The molecule has 1 aromatic heterocycles. The van der Waals surface area contributed by atoms with Gasteiger partial charge in [0, 0.05) is 36.4 Å². The van der Waals surface area contributed by atoms with Crippen LogP contribution in [-0.2, 0) is 4.79 Å². The van der Waals surface area contributed by atoms with Gasteiger partial charge >= 0.3 is 0 Å². The van der Waals surface area contributed by atoms with Crippen LogP contribution in [0.1, 0.15) is 6.42 Å². The molecule has 1 aromatic carbocycles. The van der Waals surface area contributed by atoms with Crippen LogP contribution in [0.25, 0.3) is 10.9 Å². The molecular formula is C15H17N3O. The molecule has 1 atom stereocenters. The Morgan fingerprint density at radius 3 is 3.26 bits per heavy atom. The van der Waals surface area contributed by atoms with E-state index in [0.29, 0.717) is 12.6 Å². The monoisotopic (exact) mass is 255 g/mol. The predicted octanol–water partition coefficient (Wildman–Crippen LogP) is 1.92. The Hall–Kier alpha value is -1.94. The van der Waals surface area contributed by atoms with Gasteiger partial charge in [-0.3, -0.25) is 9.88 Å². The minimum absolute atomic E-state index is 0.418. The van der Waals surface area contributed by atoms with Crippen LogP contribution in [-0.4, -0.2) is 41.8 Å². The Balaban J connectivity index is 1.70. The summed E-state index contributed by atoms with van der Waals surface area (Å²) in [6.45, 7) is 2.46. The first-order chi connectivity index (χ1) is 9.35. The van der Waals surface area contributed by atoms with Crippen molar-refractivity contribution in [3.05, 3.63) is 36.5 Å². The second-order valence-corrected chi connectivity index (χ2v) is 4.97. The highest BCUT2D eigenvalue weighted by Crippen LogP contribution is 2.20. The number of benzene rings is 1. The van der Waals surface area contributed by atoms with Crippen LogP contribution in [0.3, 0.4) is 0 Å². The average Bonchev–Trinajstić information content (AvgIpc) is 2.86. The van der Waals surface area contributed by atoms with Crippen molar-refractivity contribution in [1.82, 2.24) is 9.88 Å². The van der Waals surface area contributed by atoms with Crippen LogP contribution in [0.2, 0.25) is 0 Å². The summed E-state index contributed by atoms with van der Waals surface area (Å²) in [5.74, 6) is 0. The topological polar surface area (TPSA) is 45.2 Å². The van der Waals surface area contributed by atoms with Crippen LogP contribution in [0.5, 0.6) is 0 Å². The molecule has 1 aliphatic heterocycles. The third-order valence-electron chi connectivity index (χ3n) is 3.58. The number of nitrogens with zero attached hydrogens (tertiary/aromatic N) is 2. The van der Waals surface area contributed by atoms with Crippen molar-refractivity contribution in [3.63, 3.8) is 0 Å². The Labute approximate surface area is 112 Å². The lowest BCUT2D eigenvalue weighted by molar-refractivity contribution is -0.108. The summed E-state index contributed by atoms with van der Waals surface area (Å²) in [6, 6.07) is 10.7. The summed E-state index contributed by atoms with van der Waals surface area (Å²) in [4.78, 5) is 17.0. The molecule has 0 saturated carbocycles. The summed E-state index contributed by atoms with van der Waals surface area (Å²) in [5.41, 5.74) is 2.11. The normalized spacial score (nSPS) is 19.7. The van der Waals surface area contributed by atoms with Gasteiger partial charge in [0.2, 0.25) is 0 Å². The van der Waals surface area contributed by atoms with Gasteiger partial charge in [0.05, 0.1) is 12.1 Å². The number of fused-ring (bicyclic) bond motifs is 1. The predicted molar refractivity (Wildman–Crippen MR) is 76.3 cm³/mol. The zero-order valence-corrected chi connectivity index (χ0v) is 10.7. The zero-order chi connectivity index (χ0) is 13.1. The third-order valence-corrected chi connectivity index (χ3v) is 3.58. The number of nitrogens with one attached hydrogen (secondary N) is 1. The number of likely N-dealkylation sites (tertiary alicyclic amines) is 1. The number of hydrogen-bond donors (Lipinski definition) is 1. The Bertz CT molecular complexity index is 584. The fourth-order valence-electron chi connectivity index (χ4n) is 2.61. The highest BCUT2D eigenvalue weighted by atomic mass is 16.1. The maximum atomic E-state index is 10.5. The molecule has 1 aliphatic rings. The standard InChI is InChI=1S/C15H17N3O/c19-9-8-18-7-5-14(11-18)17-13-4-3-12-2-1-6-16-15(12)10-13/h1-4,6,9-10,14,17H,5,7-8,11H2/t14-/m1/s1. The minimum Gasteiger partial charge on any atom is -0.381 e. The molecule has 98 valence electrons. The van der Waals surface area contributed by atoms with Crippen molar-refractivity contribution in [1.29, 1.82) is 0 Å². The number of anilines is 1. The maximum absolute atomic E-state index is 10.5. The summed E-state index contributed by atoms with van der Waals surface area (Å²) in [7, 11) is 0. The number of aldehydes is 1. The van der Waals surface area contributed by atoms with E-state index in [9.17, 15) is 4.79 Å². The van der Waals surface area contributed by atoms with Gasteiger partial charge in [-0.2, -0.15) is 0 Å². The molecule has 2 aromatic rings. The van der Waals surface area contributed by atoms with Crippen LogP contribution in [0.4, 0.5) is 5.69 Å². The summed E-state index contributed by atoms with van der Waals surface area (Å²) in [6.07, 6.45) is 3.87. The van der Waals surface area contributed by atoms with E-state index >= 15 is 0 Å². The van der Waals surface area contributed by atoms with Gasteiger partial charge in [0.25, 0.3) is 0 Å². The number of aromatic nitrogens is 1. The Morgan fingerprint density at radius 2 is 2.37 bits per heavy atom. The molecular weight excluding hydrogens is 238 g/mol. The van der Waals surface area contributed by atoms with Crippen LogP contribution >= 0.6 is 0 Å². The van der Waals surface area contributed by atoms with E-state index in [1.165, 1.54) is 0 Å². The molecule has 1 fully saturated rings. The lowest BCUT2D eigenvalue weighted by Crippen LogP contribution is -2.27. The zero-order valence-electron chi connectivity index (χ0n) is 10.7. The second kappa shape index (κ2) is 5.36. The molecule has 4 heteroatoms. The quantitative estimate of drug-likeness (QED) is 0.848. The van der Waals surface area contributed by atoms with Gasteiger partial charge in [-0.15, -0.1) is 0 Å². The van der Waals surface area contributed by atoms with E-state index < -0.39 is 0 Å². The summed E-state index contributed by atoms with van der Waals surface area (Å²) >= 11 is 0. The first-order valence-corrected chi connectivity index (χ1v) is 6.62. The van der Waals surface area contributed by atoms with E-state index in [1.54, 1.807) is 0 Å². The van der Waals surface area contributed by atoms with E-state index in [2.05, 4.69) is 39.5 Å². The smallest absolute Gasteiger partial charge is 0.133 e. The summed E-state index contributed by atoms with van der Waals surface area (Å²) in [5, 5.41) is 4.68. The van der Waals surface area contributed by atoms with Gasteiger partial charge < -0.3 is 10.1 Å². The average molecular weight is 255 g/mol. The molecule has 1 saturated heterocycles. The summed E-state index contributed by atoms with van der Waals surface area (Å²) < 4.78 is 0. The molecule has 4 nitrogen and oxygen atoms in total. The van der Waals surface area contributed by atoms with Gasteiger partial charge in [0.1, 0.15) is 6.29 Å². The van der Waals surface area contributed by atoms with Gasteiger partial charge in [-0.25, -0.2) is 0 Å². The first-order valence-electron chi connectivity index (χ1n) is 6.62. The molecule has 1 N–H and O–H groups in total. The molecule has 2 heterocycles. The van der Waals surface area contributed by atoms with Crippen molar-refractivity contribution < 1.29 is 4.79 Å². The van der Waals surface area contributed by atoms with Crippen molar-refractivity contribution >= 4 is 22.9 Å². The largest absolute Gasteiger partial charge is 0.381 e. The van der Waals surface area contributed by atoms with Gasteiger partial charge in [-0.1, -0.05) is 12.1 Å². The number of pyridine rings is 1. The van der Waals surface area contributed by atoms with E-state index in [0.717, 1.165) is 42.4 Å². The second-order valence-electron chi connectivity index (χ2n) is 4.97. The minimum atomic E-state index is 0.418. The van der Waals surface area contributed by atoms with Crippen molar-refractivity contribution in [3.8, 4) is 0 Å². The first kappa shape index (κ1) is 12.1. The van der Waals surface area contributed by atoms with E-state index in [1.807, 2.05) is 12.3 Å². The van der Waals surface area contributed by atoms with Crippen molar-refractivity contribution in [2.45, 2.75) is 12.5 Å². The molecule has 0 amide bonds. The third kappa shape index (κ3) is 2.74. The fraction of sp³-hybridized carbons (Fsp3) is 0.333. The lowest BCUT2D eigenvalue weighted by Gasteiger charge is -2.15. The molecule has 0 aliphatic carbocycles. The molecule has 0 bridgehead atoms. The Morgan fingerprint density at radius 1 is 1.42 bits per heavy atom. The number of carbonyl (C=O) groups excluding carboxylic acids is 1. The van der Waals surface area contributed by atoms with Gasteiger partial charge in [-0.05, 0) is 24.6 Å².